The number of aliphatic hydroxyl groups is 1. The maximum absolute atomic E-state index is 13.9. The predicted molar refractivity (Wildman–Crippen MR) is 84.0 cm³/mol. The average Bonchev–Trinajstić information content (AvgIpc) is 2.44. The number of rotatable bonds is 11. The number of hydrogen-bond donors (Lipinski definition) is 2. The van der Waals surface area contributed by atoms with E-state index < -0.39 is 0 Å². The van der Waals surface area contributed by atoms with Crippen molar-refractivity contribution >= 4 is 0 Å². The zero-order chi connectivity index (χ0) is 15.5. The van der Waals surface area contributed by atoms with Crippen molar-refractivity contribution in [1.82, 2.24) is 5.32 Å². The van der Waals surface area contributed by atoms with Gasteiger partial charge in [0, 0.05) is 13.2 Å². The normalized spacial score (nSPS) is 11.1. The van der Waals surface area contributed by atoms with Crippen LogP contribution in [0, 0.1) is 11.7 Å². The summed E-state index contributed by atoms with van der Waals surface area (Å²) in [5, 5.41) is 12.0. The van der Waals surface area contributed by atoms with Gasteiger partial charge in [0.2, 0.25) is 0 Å². The van der Waals surface area contributed by atoms with Crippen LogP contribution in [0.15, 0.2) is 18.2 Å². The minimum absolute atomic E-state index is 0.238. The fourth-order valence-corrected chi connectivity index (χ4v) is 2.03. The summed E-state index contributed by atoms with van der Waals surface area (Å²) in [6.07, 6.45) is 3.70. The van der Waals surface area contributed by atoms with Crippen molar-refractivity contribution in [3.63, 3.8) is 0 Å². The van der Waals surface area contributed by atoms with Gasteiger partial charge in [0.1, 0.15) is 0 Å². The topological polar surface area (TPSA) is 41.5 Å². The molecule has 0 spiro atoms. The van der Waals surface area contributed by atoms with Crippen molar-refractivity contribution in [3.8, 4) is 5.75 Å². The maximum Gasteiger partial charge on any atom is 0.165 e. The summed E-state index contributed by atoms with van der Waals surface area (Å²) in [6.45, 7) is 6.65. The quantitative estimate of drug-likeness (QED) is 0.614. The smallest absolute Gasteiger partial charge is 0.165 e. The van der Waals surface area contributed by atoms with Crippen LogP contribution < -0.4 is 10.1 Å². The molecular weight excluding hydrogens is 269 g/mol. The Hall–Kier alpha value is -1.13. The fraction of sp³-hybridized carbons (Fsp3) is 0.647. The van der Waals surface area contributed by atoms with Crippen LogP contribution in [0.2, 0.25) is 0 Å². The summed E-state index contributed by atoms with van der Waals surface area (Å²) in [5.74, 6) is 0.613. The molecule has 0 aromatic heterocycles. The van der Waals surface area contributed by atoms with Crippen molar-refractivity contribution < 1.29 is 14.2 Å². The number of hydrogen-bond acceptors (Lipinski definition) is 3. The van der Waals surface area contributed by atoms with Gasteiger partial charge in [-0.25, -0.2) is 4.39 Å². The molecule has 0 aliphatic rings. The van der Waals surface area contributed by atoms with Gasteiger partial charge in [0.05, 0.1) is 6.61 Å². The molecule has 4 heteroatoms. The first-order valence-corrected chi connectivity index (χ1v) is 7.86. The van der Waals surface area contributed by atoms with Crippen LogP contribution in [0.5, 0.6) is 5.75 Å². The van der Waals surface area contributed by atoms with E-state index >= 15 is 0 Å². The van der Waals surface area contributed by atoms with Crippen LogP contribution >= 0.6 is 0 Å². The maximum atomic E-state index is 13.9. The van der Waals surface area contributed by atoms with Gasteiger partial charge in [-0.15, -0.1) is 0 Å². The lowest BCUT2D eigenvalue weighted by Gasteiger charge is -2.10. The first kappa shape index (κ1) is 17.9. The Bertz CT molecular complexity index is 396. The molecule has 1 aromatic rings. The molecule has 0 fully saturated rings. The van der Waals surface area contributed by atoms with E-state index in [4.69, 9.17) is 9.84 Å². The van der Waals surface area contributed by atoms with Crippen LogP contribution in [0.25, 0.3) is 0 Å². The van der Waals surface area contributed by atoms with Gasteiger partial charge < -0.3 is 15.2 Å². The fourth-order valence-electron chi connectivity index (χ4n) is 2.03. The minimum Gasteiger partial charge on any atom is -0.491 e. The second-order valence-electron chi connectivity index (χ2n) is 5.78. The van der Waals surface area contributed by atoms with Crippen molar-refractivity contribution in [3.05, 3.63) is 29.6 Å². The Balaban J connectivity index is 2.29. The molecule has 0 bridgehead atoms. The van der Waals surface area contributed by atoms with Gasteiger partial charge in [0.15, 0.2) is 11.6 Å². The van der Waals surface area contributed by atoms with Crippen molar-refractivity contribution in [2.24, 2.45) is 5.92 Å². The van der Waals surface area contributed by atoms with Crippen molar-refractivity contribution in [2.45, 2.75) is 46.1 Å². The highest BCUT2D eigenvalue weighted by Crippen LogP contribution is 2.19. The van der Waals surface area contributed by atoms with Gasteiger partial charge in [-0.2, -0.15) is 0 Å². The van der Waals surface area contributed by atoms with Crippen molar-refractivity contribution in [1.29, 1.82) is 0 Å². The molecule has 0 radical (unpaired) electrons. The number of aliphatic hydroxyl groups excluding tert-OH is 1. The molecule has 3 nitrogen and oxygen atoms in total. The molecule has 0 atom stereocenters. The largest absolute Gasteiger partial charge is 0.491 e. The highest BCUT2D eigenvalue weighted by Gasteiger charge is 2.05. The molecule has 0 aliphatic carbocycles. The highest BCUT2D eigenvalue weighted by molar-refractivity contribution is 5.29. The third-order valence-electron chi connectivity index (χ3n) is 3.19. The molecule has 0 saturated carbocycles. The number of ether oxygens (including phenoxy) is 1. The van der Waals surface area contributed by atoms with E-state index in [0.717, 1.165) is 37.8 Å². The molecule has 1 rings (SSSR count). The monoisotopic (exact) mass is 297 g/mol. The summed E-state index contributed by atoms with van der Waals surface area (Å²) in [7, 11) is 0. The Morgan fingerprint density at radius 3 is 2.62 bits per heavy atom. The lowest BCUT2D eigenvalue weighted by molar-refractivity contribution is 0.269. The SMILES string of the molecule is CC(C)CNCc1ccc(OCCCCCCO)c(F)c1. The highest BCUT2D eigenvalue weighted by atomic mass is 19.1. The summed E-state index contributed by atoms with van der Waals surface area (Å²) in [6, 6.07) is 5.14. The molecule has 1 aromatic carbocycles. The first-order chi connectivity index (χ1) is 10.1. The summed E-state index contributed by atoms with van der Waals surface area (Å²) in [5.41, 5.74) is 0.934. The van der Waals surface area contributed by atoms with Gasteiger partial charge in [-0.3, -0.25) is 0 Å². The second kappa shape index (κ2) is 10.6. The van der Waals surface area contributed by atoms with E-state index in [-0.39, 0.29) is 12.4 Å². The van der Waals surface area contributed by atoms with E-state index in [9.17, 15) is 4.39 Å². The summed E-state index contributed by atoms with van der Waals surface area (Å²) >= 11 is 0. The number of nitrogens with one attached hydrogen (secondary N) is 1. The molecular formula is C17H28FNO2. The number of halogens is 1. The van der Waals surface area contributed by atoms with Crippen LogP contribution in [-0.4, -0.2) is 24.9 Å². The van der Waals surface area contributed by atoms with Gasteiger partial charge in [0.25, 0.3) is 0 Å². The van der Waals surface area contributed by atoms with E-state index in [2.05, 4.69) is 19.2 Å². The molecule has 0 heterocycles. The first-order valence-electron chi connectivity index (χ1n) is 7.86. The Morgan fingerprint density at radius 1 is 1.19 bits per heavy atom. The zero-order valence-corrected chi connectivity index (χ0v) is 13.2. The third-order valence-corrected chi connectivity index (χ3v) is 3.19. The van der Waals surface area contributed by atoms with E-state index in [0.29, 0.717) is 24.8 Å². The Kier molecular flexibility index (Phi) is 9.02. The minimum atomic E-state index is -0.297. The lowest BCUT2D eigenvalue weighted by atomic mass is 10.2. The Morgan fingerprint density at radius 2 is 1.95 bits per heavy atom. The molecule has 0 saturated heterocycles. The molecule has 0 amide bonds. The zero-order valence-electron chi connectivity index (χ0n) is 13.2. The molecule has 0 unspecified atom stereocenters. The summed E-state index contributed by atoms with van der Waals surface area (Å²) in [4.78, 5) is 0. The second-order valence-corrected chi connectivity index (χ2v) is 5.78. The lowest BCUT2D eigenvalue weighted by Crippen LogP contribution is -2.19. The van der Waals surface area contributed by atoms with Crippen LogP contribution in [0.4, 0.5) is 4.39 Å². The summed E-state index contributed by atoms with van der Waals surface area (Å²) < 4.78 is 19.3. The standard InChI is InChI=1S/C17H28FNO2/c1-14(2)12-19-13-15-7-8-17(16(18)11-15)21-10-6-4-3-5-9-20/h7-8,11,14,19-20H,3-6,9-10,12-13H2,1-2H3. The van der Waals surface area contributed by atoms with E-state index in [1.54, 1.807) is 6.07 Å². The molecule has 0 aliphatic heterocycles. The molecule has 2 N–H and O–H groups in total. The van der Waals surface area contributed by atoms with Gasteiger partial charge >= 0.3 is 0 Å². The van der Waals surface area contributed by atoms with E-state index in [1.165, 1.54) is 6.07 Å². The van der Waals surface area contributed by atoms with Crippen LogP contribution in [0.3, 0.4) is 0 Å². The van der Waals surface area contributed by atoms with Gasteiger partial charge in [-0.05, 0) is 49.4 Å². The molecule has 120 valence electrons. The van der Waals surface area contributed by atoms with Crippen molar-refractivity contribution in [2.75, 3.05) is 19.8 Å². The predicted octanol–water partition coefficient (Wildman–Crippen LogP) is 3.50. The number of benzene rings is 1. The Labute approximate surface area is 127 Å². The van der Waals surface area contributed by atoms with Crippen LogP contribution in [0.1, 0.15) is 45.1 Å². The third kappa shape index (κ3) is 8.02. The van der Waals surface area contributed by atoms with Gasteiger partial charge in [-0.1, -0.05) is 26.3 Å². The van der Waals surface area contributed by atoms with E-state index in [1.807, 2.05) is 6.07 Å². The van der Waals surface area contributed by atoms with Crippen LogP contribution in [-0.2, 0) is 6.54 Å². The average molecular weight is 297 g/mol. The number of unbranched alkanes of at least 4 members (excludes halogenated alkanes) is 3. The molecule has 21 heavy (non-hydrogen) atoms.